The largest absolute Gasteiger partial charge is 0.330 e. The minimum atomic E-state index is 0.689. The minimum Gasteiger partial charge on any atom is -0.330 e. The Bertz CT molecular complexity index is 528. The van der Waals surface area contributed by atoms with Crippen molar-refractivity contribution in [1.82, 2.24) is 4.98 Å². The molecule has 0 spiro atoms. The van der Waals surface area contributed by atoms with Gasteiger partial charge in [-0.2, -0.15) is 11.8 Å². The Hall–Kier alpha value is -0.770. The van der Waals surface area contributed by atoms with Gasteiger partial charge in [0, 0.05) is 23.4 Å². The summed E-state index contributed by atoms with van der Waals surface area (Å²) in [5.74, 6) is 1.76. The van der Waals surface area contributed by atoms with Gasteiger partial charge >= 0.3 is 0 Å². The summed E-state index contributed by atoms with van der Waals surface area (Å²) in [5.41, 5.74) is 8.56. The molecule has 1 aromatic carbocycles. The summed E-state index contributed by atoms with van der Waals surface area (Å²) in [6.07, 6.45) is 0. The molecule has 17 heavy (non-hydrogen) atoms. The van der Waals surface area contributed by atoms with Gasteiger partial charge in [-0.25, -0.2) is 0 Å². The summed E-state index contributed by atoms with van der Waals surface area (Å²) < 4.78 is 0. The molecule has 4 heteroatoms. The fourth-order valence-electron chi connectivity index (χ4n) is 1.77. The highest BCUT2D eigenvalue weighted by Gasteiger charge is 2.09. The Labute approximate surface area is 111 Å². The molecule has 2 nitrogen and oxygen atoms in total. The molecule has 2 rings (SSSR count). The maximum Gasteiger partial charge on any atom is 0.0709 e. The van der Waals surface area contributed by atoms with Crippen LogP contribution in [0, 0.1) is 6.92 Å². The first-order chi connectivity index (χ1) is 8.24. The number of rotatable bonds is 4. The summed E-state index contributed by atoms with van der Waals surface area (Å²) in [6, 6.07) is 8.09. The number of aryl methyl sites for hydroxylation is 1. The van der Waals surface area contributed by atoms with Crippen molar-refractivity contribution >= 4 is 34.3 Å². The second-order valence-electron chi connectivity index (χ2n) is 3.86. The van der Waals surface area contributed by atoms with Gasteiger partial charge in [0.25, 0.3) is 0 Å². The summed E-state index contributed by atoms with van der Waals surface area (Å²) in [7, 11) is 0. The first-order valence-electron chi connectivity index (χ1n) is 5.55. The van der Waals surface area contributed by atoms with E-state index < -0.39 is 0 Å². The van der Waals surface area contributed by atoms with Gasteiger partial charge in [0.1, 0.15) is 0 Å². The van der Waals surface area contributed by atoms with Gasteiger partial charge in [-0.05, 0) is 18.6 Å². The van der Waals surface area contributed by atoms with Crippen LogP contribution in [0.1, 0.15) is 11.3 Å². The van der Waals surface area contributed by atoms with E-state index in [9.17, 15) is 0 Å². The van der Waals surface area contributed by atoms with Crippen LogP contribution in [0.4, 0.5) is 0 Å². The monoisotopic (exact) mass is 266 g/mol. The normalized spacial score (nSPS) is 11.0. The summed E-state index contributed by atoms with van der Waals surface area (Å²) in [6.45, 7) is 2.73. The third-order valence-corrected chi connectivity index (χ3v) is 4.15. The number of aromatic nitrogens is 1. The van der Waals surface area contributed by atoms with Gasteiger partial charge in [-0.3, -0.25) is 4.98 Å². The number of benzene rings is 1. The molecule has 0 aliphatic rings. The molecule has 0 saturated heterocycles. The predicted octanol–water partition coefficient (Wildman–Crippen LogP) is 3.39. The van der Waals surface area contributed by atoms with E-state index >= 15 is 0 Å². The lowest BCUT2D eigenvalue weighted by atomic mass is 10.1. The Balaban J connectivity index is 2.39. The van der Waals surface area contributed by atoms with Crippen LogP contribution in [0.5, 0.6) is 0 Å². The quantitative estimate of drug-likeness (QED) is 0.863. The van der Waals surface area contributed by atoms with Crippen molar-refractivity contribution in [2.75, 3.05) is 12.3 Å². The fraction of sp³-hybridized carbons (Fsp3) is 0.308. The highest BCUT2D eigenvalue weighted by atomic mass is 35.5. The SMILES string of the molecule is Cc1c(Cl)c(CSCCN)nc2ccccc12. The lowest BCUT2D eigenvalue weighted by molar-refractivity contribution is 1.14. The number of thioether (sulfide) groups is 1. The number of halogens is 1. The van der Waals surface area contributed by atoms with Crippen LogP contribution in [0.25, 0.3) is 10.9 Å². The second-order valence-corrected chi connectivity index (χ2v) is 5.34. The zero-order valence-electron chi connectivity index (χ0n) is 9.74. The van der Waals surface area contributed by atoms with Crippen molar-refractivity contribution < 1.29 is 0 Å². The Kier molecular flexibility index (Phi) is 4.26. The average Bonchev–Trinajstić information content (AvgIpc) is 2.35. The third kappa shape index (κ3) is 2.73. The van der Waals surface area contributed by atoms with Gasteiger partial charge in [0.05, 0.1) is 16.2 Å². The van der Waals surface area contributed by atoms with Crippen LogP contribution in [-0.4, -0.2) is 17.3 Å². The third-order valence-electron chi connectivity index (χ3n) is 2.65. The number of hydrogen-bond acceptors (Lipinski definition) is 3. The maximum absolute atomic E-state index is 6.34. The van der Waals surface area contributed by atoms with E-state index in [0.717, 1.165) is 38.7 Å². The molecule has 0 aliphatic carbocycles. The van der Waals surface area contributed by atoms with Crippen molar-refractivity contribution in [2.45, 2.75) is 12.7 Å². The molecule has 0 fully saturated rings. The standard InChI is InChI=1S/C13H15ClN2S/c1-9-10-4-2-3-5-11(10)16-12(13(9)14)8-17-7-6-15/h2-5H,6-8,15H2,1H3. The van der Waals surface area contributed by atoms with Gasteiger partial charge in [-0.1, -0.05) is 29.8 Å². The molecule has 0 atom stereocenters. The fourth-order valence-corrected chi connectivity index (χ4v) is 2.77. The topological polar surface area (TPSA) is 38.9 Å². The molecule has 1 heterocycles. The molecule has 1 aromatic heterocycles. The molecular weight excluding hydrogens is 252 g/mol. The number of nitrogens with zero attached hydrogens (tertiary/aromatic N) is 1. The van der Waals surface area contributed by atoms with Gasteiger partial charge in [-0.15, -0.1) is 0 Å². The maximum atomic E-state index is 6.34. The smallest absolute Gasteiger partial charge is 0.0709 e. The number of fused-ring (bicyclic) bond motifs is 1. The molecule has 2 aromatic rings. The van der Waals surface area contributed by atoms with Crippen LogP contribution in [0.15, 0.2) is 24.3 Å². The predicted molar refractivity (Wildman–Crippen MR) is 76.7 cm³/mol. The molecule has 2 N–H and O–H groups in total. The zero-order chi connectivity index (χ0) is 12.3. The van der Waals surface area contributed by atoms with Crippen LogP contribution in [0.3, 0.4) is 0 Å². The van der Waals surface area contributed by atoms with Crippen LogP contribution in [0.2, 0.25) is 5.02 Å². The molecular formula is C13H15ClN2S. The van der Waals surface area contributed by atoms with E-state index in [1.165, 1.54) is 0 Å². The van der Waals surface area contributed by atoms with Crippen molar-refractivity contribution in [3.63, 3.8) is 0 Å². The molecule has 90 valence electrons. The first-order valence-corrected chi connectivity index (χ1v) is 7.09. The second kappa shape index (κ2) is 5.71. The summed E-state index contributed by atoms with van der Waals surface area (Å²) in [5, 5.41) is 1.92. The van der Waals surface area contributed by atoms with E-state index in [2.05, 4.69) is 11.1 Å². The summed E-state index contributed by atoms with van der Waals surface area (Å²) >= 11 is 8.11. The molecule has 0 aliphatic heterocycles. The number of hydrogen-bond donors (Lipinski definition) is 1. The van der Waals surface area contributed by atoms with Crippen LogP contribution < -0.4 is 5.73 Å². The van der Waals surface area contributed by atoms with E-state index in [4.69, 9.17) is 17.3 Å². The number of nitrogens with two attached hydrogens (primary N) is 1. The van der Waals surface area contributed by atoms with Gasteiger partial charge < -0.3 is 5.73 Å². The van der Waals surface area contributed by atoms with E-state index in [1.54, 1.807) is 11.8 Å². The van der Waals surface area contributed by atoms with Gasteiger partial charge in [0.15, 0.2) is 0 Å². The Morgan fingerprint density at radius 1 is 1.35 bits per heavy atom. The van der Waals surface area contributed by atoms with E-state index in [1.807, 2.05) is 25.1 Å². The molecule has 0 bridgehead atoms. The van der Waals surface area contributed by atoms with Crippen molar-refractivity contribution in [3.8, 4) is 0 Å². The molecule has 0 unspecified atom stereocenters. The first kappa shape index (κ1) is 12.7. The minimum absolute atomic E-state index is 0.689. The molecule has 0 radical (unpaired) electrons. The zero-order valence-corrected chi connectivity index (χ0v) is 11.3. The van der Waals surface area contributed by atoms with Gasteiger partial charge in [0.2, 0.25) is 0 Å². The number of para-hydroxylation sites is 1. The highest BCUT2D eigenvalue weighted by molar-refractivity contribution is 7.98. The van der Waals surface area contributed by atoms with Crippen molar-refractivity contribution in [1.29, 1.82) is 0 Å². The summed E-state index contributed by atoms with van der Waals surface area (Å²) in [4.78, 5) is 4.61. The lowest BCUT2D eigenvalue weighted by Crippen LogP contribution is -2.02. The van der Waals surface area contributed by atoms with Crippen molar-refractivity contribution in [3.05, 3.63) is 40.5 Å². The van der Waals surface area contributed by atoms with E-state index in [0.29, 0.717) is 6.54 Å². The number of pyridine rings is 1. The van der Waals surface area contributed by atoms with E-state index in [-0.39, 0.29) is 0 Å². The Morgan fingerprint density at radius 2 is 2.12 bits per heavy atom. The highest BCUT2D eigenvalue weighted by Crippen LogP contribution is 2.28. The average molecular weight is 267 g/mol. The molecule has 0 amide bonds. The van der Waals surface area contributed by atoms with Crippen molar-refractivity contribution in [2.24, 2.45) is 5.73 Å². The molecule has 0 saturated carbocycles. The lowest BCUT2D eigenvalue weighted by Gasteiger charge is -2.09. The van der Waals surface area contributed by atoms with Crippen LogP contribution >= 0.6 is 23.4 Å². The Morgan fingerprint density at radius 3 is 2.88 bits per heavy atom. The van der Waals surface area contributed by atoms with Crippen LogP contribution in [-0.2, 0) is 5.75 Å².